The standard InChI is InChI=1S/C13H19N3O2/c1-15-6-9(5-14-15)11-7-16(10-3-2-4-10)8-12(11)13(17)18/h5-6,10-12H,2-4,7-8H2,1H3,(H,17,18)/t11-,12+/m0/s1. The van der Waals surface area contributed by atoms with Gasteiger partial charge in [0.1, 0.15) is 0 Å². The number of nitrogens with zero attached hydrogens (tertiary/aromatic N) is 3. The number of hydrogen-bond acceptors (Lipinski definition) is 3. The zero-order valence-electron chi connectivity index (χ0n) is 10.6. The zero-order chi connectivity index (χ0) is 12.7. The Morgan fingerprint density at radius 2 is 2.22 bits per heavy atom. The second-order valence-electron chi connectivity index (χ2n) is 5.54. The number of hydrogen-bond donors (Lipinski definition) is 1. The maximum atomic E-state index is 11.4. The van der Waals surface area contributed by atoms with E-state index in [0.717, 1.165) is 12.1 Å². The third kappa shape index (κ3) is 1.92. The number of carboxylic acids is 1. The molecule has 1 aromatic rings. The molecule has 0 unspecified atom stereocenters. The van der Waals surface area contributed by atoms with Crippen LogP contribution in [0.1, 0.15) is 30.7 Å². The van der Waals surface area contributed by atoms with Crippen LogP contribution in [0.5, 0.6) is 0 Å². The van der Waals surface area contributed by atoms with Gasteiger partial charge in [0.15, 0.2) is 0 Å². The fraction of sp³-hybridized carbons (Fsp3) is 0.692. The summed E-state index contributed by atoms with van der Waals surface area (Å²) in [6, 6.07) is 0.619. The van der Waals surface area contributed by atoms with Crippen molar-refractivity contribution < 1.29 is 9.90 Å². The molecule has 5 nitrogen and oxygen atoms in total. The van der Waals surface area contributed by atoms with Crippen LogP contribution in [-0.4, -0.2) is 44.9 Å². The van der Waals surface area contributed by atoms with Crippen LogP contribution < -0.4 is 0 Å². The number of likely N-dealkylation sites (tertiary alicyclic amines) is 1. The molecule has 0 bridgehead atoms. The normalized spacial score (nSPS) is 29.4. The van der Waals surface area contributed by atoms with Crippen molar-refractivity contribution in [3.8, 4) is 0 Å². The SMILES string of the molecule is Cn1cc([C@@H]2CN(C3CCC3)C[C@H]2C(=O)O)cn1. The van der Waals surface area contributed by atoms with Gasteiger partial charge in [-0.05, 0) is 18.4 Å². The highest BCUT2D eigenvalue weighted by Crippen LogP contribution is 2.37. The molecule has 1 saturated carbocycles. The monoisotopic (exact) mass is 249 g/mol. The molecule has 2 fully saturated rings. The van der Waals surface area contributed by atoms with Crippen molar-refractivity contribution in [1.82, 2.24) is 14.7 Å². The minimum absolute atomic E-state index is 0.0943. The highest BCUT2D eigenvalue weighted by molar-refractivity contribution is 5.72. The fourth-order valence-corrected chi connectivity index (χ4v) is 3.10. The van der Waals surface area contributed by atoms with Crippen LogP contribution in [0.25, 0.3) is 0 Å². The first-order valence-electron chi connectivity index (χ1n) is 6.60. The minimum Gasteiger partial charge on any atom is -0.481 e. The second kappa shape index (κ2) is 4.39. The van der Waals surface area contributed by atoms with Gasteiger partial charge in [0.25, 0.3) is 0 Å². The predicted molar refractivity (Wildman–Crippen MR) is 66.3 cm³/mol. The highest BCUT2D eigenvalue weighted by atomic mass is 16.4. The number of aromatic nitrogens is 2. The van der Waals surface area contributed by atoms with Crippen LogP contribution in [-0.2, 0) is 11.8 Å². The molecule has 1 saturated heterocycles. The van der Waals surface area contributed by atoms with Crippen molar-refractivity contribution in [2.45, 2.75) is 31.2 Å². The van der Waals surface area contributed by atoms with Crippen molar-refractivity contribution in [3.05, 3.63) is 18.0 Å². The lowest BCUT2D eigenvalue weighted by molar-refractivity contribution is -0.141. The van der Waals surface area contributed by atoms with Crippen molar-refractivity contribution in [1.29, 1.82) is 0 Å². The van der Waals surface area contributed by atoms with E-state index in [1.807, 2.05) is 19.4 Å². The van der Waals surface area contributed by atoms with E-state index in [2.05, 4.69) is 10.00 Å². The summed E-state index contributed by atoms with van der Waals surface area (Å²) in [5.74, 6) is -0.864. The van der Waals surface area contributed by atoms with Crippen LogP contribution in [0.2, 0.25) is 0 Å². The second-order valence-corrected chi connectivity index (χ2v) is 5.54. The Hall–Kier alpha value is -1.36. The smallest absolute Gasteiger partial charge is 0.308 e. The number of aliphatic carboxylic acids is 1. The molecular formula is C13H19N3O2. The van der Waals surface area contributed by atoms with Gasteiger partial charge in [-0.15, -0.1) is 0 Å². The van der Waals surface area contributed by atoms with Gasteiger partial charge in [-0.25, -0.2) is 0 Å². The Morgan fingerprint density at radius 1 is 1.44 bits per heavy atom. The summed E-state index contributed by atoms with van der Waals surface area (Å²) < 4.78 is 1.75. The Bertz CT molecular complexity index is 453. The maximum absolute atomic E-state index is 11.4. The Labute approximate surface area is 106 Å². The number of rotatable bonds is 3. The quantitative estimate of drug-likeness (QED) is 0.870. The fourth-order valence-electron chi connectivity index (χ4n) is 3.10. The van der Waals surface area contributed by atoms with Gasteiger partial charge in [0.2, 0.25) is 0 Å². The van der Waals surface area contributed by atoms with Gasteiger partial charge in [-0.2, -0.15) is 5.10 Å². The largest absolute Gasteiger partial charge is 0.481 e. The van der Waals surface area contributed by atoms with E-state index in [1.165, 1.54) is 19.3 Å². The summed E-state index contributed by atoms with van der Waals surface area (Å²) in [5, 5.41) is 13.6. The molecule has 2 atom stereocenters. The van der Waals surface area contributed by atoms with Crippen molar-refractivity contribution >= 4 is 5.97 Å². The number of aryl methyl sites for hydroxylation is 1. The van der Waals surface area contributed by atoms with E-state index in [4.69, 9.17) is 0 Å². The Balaban J connectivity index is 1.80. The summed E-state index contributed by atoms with van der Waals surface area (Å²) >= 11 is 0. The third-order valence-corrected chi connectivity index (χ3v) is 4.41. The first-order valence-corrected chi connectivity index (χ1v) is 6.60. The summed E-state index contributed by atoms with van der Waals surface area (Å²) in [6.07, 6.45) is 7.50. The average molecular weight is 249 g/mol. The van der Waals surface area contributed by atoms with Crippen LogP contribution in [0.3, 0.4) is 0 Å². The Morgan fingerprint density at radius 3 is 2.72 bits per heavy atom. The van der Waals surface area contributed by atoms with E-state index in [-0.39, 0.29) is 11.8 Å². The van der Waals surface area contributed by atoms with Crippen molar-refractivity contribution in [2.24, 2.45) is 13.0 Å². The molecular weight excluding hydrogens is 230 g/mol. The van der Waals surface area contributed by atoms with Gasteiger partial charge >= 0.3 is 5.97 Å². The van der Waals surface area contributed by atoms with Crippen molar-refractivity contribution in [2.75, 3.05) is 13.1 Å². The lowest BCUT2D eigenvalue weighted by atomic mass is 9.91. The molecule has 1 aliphatic carbocycles. The molecule has 3 rings (SSSR count). The first kappa shape index (κ1) is 11.7. The lowest BCUT2D eigenvalue weighted by Crippen LogP contribution is -2.38. The molecule has 5 heteroatoms. The molecule has 0 radical (unpaired) electrons. The van der Waals surface area contributed by atoms with Crippen LogP contribution >= 0.6 is 0 Å². The molecule has 98 valence electrons. The molecule has 18 heavy (non-hydrogen) atoms. The zero-order valence-corrected chi connectivity index (χ0v) is 10.6. The van der Waals surface area contributed by atoms with E-state index < -0.39 is 5.97 Å². The van der Waals surface area contributed by atoms with E-state index in [1.54, 1.807) is 4.68 Å². The summed E-state index contributed by atoms with van der Waals surface area (Å²) in [7, 11) is 1.87. The molecule has 0 spiro atoms. The predicted octanol–water partition coefficient (Wildman–Crippen LogP) is 1.07. The van der Waals surface area contributed by atoms with Gasteiger partial charge in [0, 0.05) is 38.3 Å². The summed E-state index contributed by atoms with van der Waals surface area (Å²) in [5.41, 5.74) is 1.06. The molecule has 1 N–H and O–H groups in total. The third-order valence-electron chi connectivity index (χ3n) is 4.41. The maximum Gasteiger partial charge on any atom is 0.308 e. The van der Waals surface area contributed by atoms with E-state index in [9.17, 15) is 9.90 Å². The first-order chi connectivity index (χ1) is 8.65. The molecule has 1 aliphatic heterocycles. The Kier molecular flexibility index (Phi) is 2.86. The molecule has 2 heterocycles. The molecule has 0 amide bonds. The van der Waals surface area contributed by atoms with Gasteiger partial charge < -0.3 is 5.11 Å². The number of carboxylic acid groups (broad SMARTS) is 1. The average Bonchev–Trinajstić information content (AvgIpc) is 2.81. The topological polar surface area (TPSA) is 58.4 Å². The van der Waals surface area contributed by atoms with Crippen LogP contribution in [0, 0.1) is 5.92 Å². The lowest BCUT2D eigenvalue weighted by Gasteiger charge is -2.34. The van der Waals surface area contributed by atoms with Gasteiger partial charge in [0.05, 0.1) is 12.1 Å². The van der Waals surface area contributed by atoms with E-state index >= 15 is 0 Å². The molecule has 1 aromatic heterocycles. The molecule has 0 aromatic carbocycles. The van der Waals surface area contributed by atoms with Gasteiger partial charge in [-0.3, -0.25) is 14.4 Å². The van der Waals surface area contributed by atoms with Gasteiger partial charge in [-0.1, -0.05) is 6.42 Å². The summed E-state index contributed by atoms with van der Waals surface area (Å²) in [4.78, 5) is 13.8. The molecule has 2 aliphatic rings. The van der Waals surface area contributed by atoms with Crippen molar-refractivity contribution in [3.63, 3.8) is 0 Å². The minimum atomic E-state index is -0.675. The van der Waals surface area contributed by atoms with Crippen LogP contribution in [0.15, 0.2) is 12.4 Å². The van der Waals surface area contributed by atoms with Crippen LogP contribution in [0.4, 0.5) is 0 Å². The highest BCUT2D eigenvalue weighted by Gasteiger charge is 2.42. The van der Waals surface area contributed by atoms with E-state index in [0.29, 0.717) is 12.6 Å². The summed E-state index contributed by atoms with van der Waals surface area (Å²) in [6.45, 7) is 1.56. The number of carbonyl (C=O) groups is 1.